The summed E-state index contributed by atoms with van der Waals surface area (Å²) < 4.78 is 5.95. The molecule has 7 heteroatoms. The number of nitrogens with zero attached hydrogens (tertiary/aromatic N) is 5. The molecule has 32 heavy (non-hydrogen) atoms. The van der Waals surface area contributed by atoms with Gasteiger partial charge >= 0.3 is 0 Å². The lowest BCUT2D eigenvalue weighted by molar-refractivity contribution is 0.581. The monoisotopic (exact) mass is 426 g/mol. The van der Waals surface area contributed by atoms with Crippen molar-refractivity contribution in [3.8, 4) is 34.3 Å². The molecule has 0 aliphatic rings. The Morgan fingerprint density at radius 2 is 1.62 bits per heavy atom. The van der Waals surface area contributed by atoms with Crippen LogP contribution >= 0.6 is 0 Å². The molecular formula is C25H26N6O. The number of hydrogen-bond acceptors (Lipinski definition) is 7. The first kappa shape index (κ1) is 21.4. The SMILES string of the molecule is C=C(c1ccc(-c2cnc(C)c(-c3nnc(-c4ccc(CNC)cc4)o3)n2)cc1)N(C)C. The van der Waals surface area contributed by atoms with E-state index in [9.17, 15) is 0 Å². The Morgan fingerprint density at radius 3 is 2.28 bits per heavy atom. The molecule has 4 aromatic rings. The smallest absolute Gasteiger partial charge is 0.268 e. The Kier molecular flexibility index (Phi) is 6.09. The van der Waals surface area contributed by atoms with Gasteiger partial charge in [-0.25, -0.2) is 4.98 Å². The molecule has 2 heterocycles. The van der Waals surface area contributed by atoms with E-state index >= 15 is 0 Å². The average molecular weight is 427 g/mol. The second kappa shape index (κ2) is 9.11. The molecule has 0 aliphatic carbocycles. The zero-order chi connectivity index (χ0) is 22.7. The van der Waals surface area contributed by atoms with Gasteiger partial charge in [0.1, 0.15) is 5.69 Å². The number of benzene rings is 2. The quantitative estimate of drug-likeness (QED) is 0.468. The van der Waals surface area contributed by atoms with E-state index in [1.807, 2.05) is 81.5 Å². The molecule has 0 saturated carbocycles. The van der Waals surface area contributed by atoms with E-state index in [1.54, 1.807) is 6.20 Å². The third-order valence-corrected chi connectivity index (χ3v) is 5.22. The standard InChI is InChI=1S/C25H26N6O/c1-16-23(25-30-29-24(32-25)21-8-6-18(7-9-21)14-26-3)28-22(15-27-16)20-12-10-19(11-13-20)17(2)31(4)5/h6-13,15,26H,2,14H2,1,3-5H3. The first-order valence-corrected chi connectivity index (χ1v) is 10.3. The number of hydrogen-bond donors (Lipinski definition) is 1. The second-order valence-electron chi connectivity index (χ2n) is 7.75. The van der Waals surface area contributed by atoms with E-state index in [4.69, 9.17) is 9.40 Å². The molecule has 162 valence electrons. The van der Waals surface area contributed by atoms with Crippen LogP contribution in [0.4, 0.5) is 0 Å². The Hall–Kier alpha value is -3.84. The summed E-state index contributed by atoms with van der Waals surface area (Å²) in [5.41, 5.74) is 7.05. The summed E-state index contributed by atoms with van der Waals surface area (Å²) in [5.74, 6) is 0.804. The van der Waals surface area contributed by atoms with Gasteiger partial charge in [0.2, 0.25) is 5.89 Å². The Balaban J connectivity index is 1.62. The van der Waals surface area contributed by atoms with Crippen LogP contribution in [0.15, 0.2) is 65.7 Å². The van der Waals surface area contributed by atoms with E-state index in [0.29, 0.717) is 17.5 Å². The van der Waals surface area contributed by atoms with Crippen LogP contribution in [0.1, 0.15) is 16.8 Å². The minimum absolute atomic E-state index is 0.351. The Labute approximate surface area is 187 Å². The highest BCUT2D eigenvalue weighted by molar-refractivity contribution is 5.68. The first-order valence-electron chi connectivity index (χ1n) is 10.3. The van der Waals surface area contributed by atoms with Crippen molar-refractivity contribution in [1.82, 2.24) is 30.4 Å². The second-order valence-corrected chi connectivity index (χ2v) is 7.75. The molecule has 0 atom stereocenters. The van der Waals surface area contributed by atoms with Gasteiger partial charge in [-0.1, -0.05) is 43.0 Å². The minimum atomic E-state index is 0.351. The summed E-state index contributed by atoms with van der Waals surface area (Å²) in [5, 5.41) is 11.6. The van der Waals surface area contributed by atoms with E-state index in [1.165, 1.54) is 5.56 Å². The molecule has 0 saturated heterocycles. The molecule has 7 nitrogen and oxygen atoms in total. The van der Waals surface area contributed by atoms with E-state index in [0.717, 1.165) is 40.3 Å². The molecular weight excluding hydrogens is 400 g/mol. The van der Waals surface area contributed by atoms with Crippen LogP contribution in [0.5, 0.6) is 0 Å². The third kappa shape index (κ3) is 4.43. The molecule has 0 amide bonds. The van der Waals surface area contributed by atoms with Crippen molar-refractivity contribution in [2.45, 2.75) is 13.5 Å². The highest BCUT2D eigenvalue weighted by atomic mass is 16.4. The zero-order valence-electron chi connectivity index (χ0n) is 18.8. The highest BCUT2D eigenvalue weighted by Crippen LogP contribution is 2.27. The maximum absolute atomic E-state index is 5.95. The summed E-state index contributed by atoms with van der Waals surface area (Å²) in [7, 11) is 5.87. The van der Waals surface area contributed by atoms with Crippen LogP contribution in [-0.2, 0) is 6.54 Å². The van der Waals surface area contributed by atoms with Gasteiger partial charge in [-0.15, -0.1) is 10.2 Å². The Bertz CT molecular complexity index is 1230. The van der Waals surface area contributed by atoms with E-state index in [-0.39, 0.29) is 0 Å². The van der Waals surface area contributed by atoms with Crippen molar-refractivity contribution >= 4 is 5.70 Å². The van der Waals surface area contributed by atoms with Crippen molar-refractivity contribution in [3.05, 3.63) is 78.1 Å². The van der Waals surface area contributed by atoms with Crippen LogP contribution in [-0.4, -0.2) is 46.2 Å². The normalized spacial score (nSPS) is 10.9. The average Bonchev–Trinajstić information content (AvgIpc) is 3.30. The van der Waals surface area contributed by atoms with Gasteiger partial charge in [0.25, 0.3) is 5.89 Å². The summed E-state index contributed by atoms with van der Waals surface area (Å²) in [6, 6.07) is 16.1. The minimum Gasteiger partial charge on any atom is -0.415 e. The lowest BCUT2D eigenvalue weighted by atomic mass is 10.1. The van der Waals surface area contributed by atoms with Crippen molar-refractivity contribution in [2.24, 2.45) is 0 Å². The largest absolute Gasteiger partial charge is 0.415 e. The van der Waals surface area contributed by atoms with Crippen LogP contribution < -0.4 is 5.32 Å². The van der Waals surface area contributed by atoms with Gasteiger partial charge in [0.15, 0.2) is 0 Å². The fraction of sp³-hybridized carbons (Fsp3) is 0.200. The maximum Gasteiger partial charge on any atom is 0.268 e. The number of rotatable bonds is 7. The molecule has 0 unspecified atom stereocenters. The third-order valence-electron chi connectivity index (χ3n) is 5.22. The fourth-order valence-corrected chi connectivity index (χ4v) is 3.29. The molecule has 0 radical (unpaired) electrons. The molecule has 0 bridgehead atoms. The first-order chi connectivity index (χ1) is 15.5. The molecule has 0 spiro atoms. The molecule has 1 N–H and O–H groups in total. The summed E-state index contributed by atoms with van der Waals surface area (Å²) >= 11 is 0. The van der Waals surface area contributed by atoms with Gasteiger partial charge in [0, 0.05) is 37.5 Å². The topological polar surface area (TPSA) is 80.0 Å². The van der Waals surface area contributed by atoms with Crippen molar-refractivity contribution in [1.29, 1.82) is 0 Å². The fourth-order valence-electron chi connectivity index (χ4n) is 3.29. The lowest BCUT2D eigenvalue weighted by Gasteiger charge is -2.16. The molecule has 4 rings (SSSR count). The van der Waals surface area contributed by atoms with Crippen molar-refractivity contribution in [2.75, 3.05) is 21.1 Å². The maximum atomic E-state index is 5.95. The lowest BCUT2D eigenvalue weighted by Crippen LogP contribution is -2.08. The molecule has 2 aromatic carbocycles. The van der Waals surface area contributed by atoms with E-state index < -0.39 is 0 Å². The van der Waals surface area contributed by atoms with Gasteiger partial charge in [-0.3, -0.25) is 4.98 Å². The van der Waals surface area contributed by atoms with Crippen molar-refractivity contribution < 1.29 is 4.42 Å². The molecule has 0 fully saturated rings. The van der Waals surface area contributed by atoms with Crippen LogP contribution in [0.3, 0.4) is 0 Å². The van der Waals surface area contributed by atoms with Gasteiger partial charge < -0.3 is 14.6 Å². The van der Waals surface area contributed by atoms with Crippen LogP contribution in [0, 0.1) is 6.92 Å². The summed E-state index contributed by atoms with van der Waals surface area (Å²) in [4.78, 5) is 11.3. The molecule has 0 aliphatic heterocycles. The van der Waals surface area contributed by atoms with Gasteiger partial charge in [-0.05, 0) is 37.2 Å². The summed E-state index contributed by atoms with van der Waals surface area (Å²) in [6.07, 6.45) is 1.76. The zero-order valence-corrected chi connectivity index (χ0v) is 18.8. The number of aromatic nitrogens is 4. The van der Waals surface area contributed by atoms with Crippen LogP contribution in [0.2, 0.25) is 0 Å². The van der Waals surface area contributed by atoms with Gasteiger partial charge in [-0.2, -0.15) is 0 Å². The van der Waals surface area contributed by atoms with E-state index in [2.05, 4.69) is 27.1 Å². The molecule has 2 aromatic heterocycles. The van der Waals surface area contributed by atoms with Gasteiger partial charge in [0.05, 0.1) is 17.6 Å². The predicted molar refractivity (Wildman–Crippen MR) is 126 cm³/mol. The Morgan fingerprint density at radius 1 is 0.969 bits per heavy atom. The number of nitrogens with one attached hydrogen (secondary N) is 1. The highest BCUT2D eigenvalue weighted by Gasteiger charge is 2.16. The van der Waals surface area contributed by atoms with Crippen LogP contribution in [0.25, 0.3) is 40.0 Å². The summed E-state index contributed by atoms with van der Waals surface area (Å²) in [6.45, 7) is 6.79. The number of aryl methyl sites for hydroxylation is 1. The predicted octanol–water partition coefficient (Wildman–Crippen LogP) is 4.42. The van der Waals surface area contributed by atoms with Crippen molar-refractivity contribution in [3.63, 3.8) is 0 Å².